The van der Waals surface area contributed by atoms with Crippen LogP contribution in [-0.2, 0) is 11.2 Å². The van der Waals surface area contributed by atoms with Crippen LogP contribution >= 0.6 is 0 Å². The van der Waals surface area contributed by atoms with Gasteiger partial charge in [0.05, 0.1) is 17.3 Å². The molecule has 0 aliphatic heterocycles. The number of aryl methyl sites for hydroxylation is 1. The van der Waals surface area contributed by atoms with Crippen molar-refractivity contribution < 1.29 is 14.3 Å². The number of hydrogen-bond donors (Lipinski definition) is 1. The maximum atomic E-state index is 12.6. The first-order valence-corrected chi connectivity index (χ1v) is 11.0. The van der Waals surface area contributed by atoms with Crippen molar-refractivity contribution in [3.8, 4) is 5.75 Å². The number of ether oxygens (including phenoxy) is 2. The molecule has 3 rings (SSSR count). The lowest BCUT2D eigenvalue weighted by atomic mass is 10.00. The summed E-state index contributed by atoms with van der Waals surface area (Å²) >= 11 is 0. The van der Waals surface area contributed by atoms with Crippen LogP contribution in [0.2, 0.25) is 0 Å². The third-order valence-electron chi connectivity index (χ3n) is 4.78. The summed E-state index contributed by atoms with van der Waals surface area (Å²) in [4.78, 5) is 17.5. The van der Waals surface area contributed by atoms with Gasteiger partial charge in [-0.2, -0.15) is 0 Å². The number of alkyl carbamates (subject to hydrolysis) is 1. The summed E-state index contributed by atoms with van der Waals surface area (Å²) in [5.74, 6) is 0.817. The number of carbonyl (C=O) groups is 1. The molecule has 0 saturated carbocycles. The summed E-state index contributed by atoms with van der Waals surface area (Å²) in [6.07, 6.45) is 0.127. The van der Waals surface area contributed by atoms with E-state index in [1.807, 2.05) is 90.1 Å². The third-order valence-corrected chi connectivity index (χ3v) is 4.78. The first-order valence-electron chi connectivity index (χ1n) is 11.0. The van der Waals surface area contributed by atoms with Crippen LogP contribution in [0.5, 0.6) is 5.75 Å². The Labute approximate surface area is 191 Å². The molecule has 32 heavy (non-hydrogen) atoms. The lowest BCUT2D eigenvalue weighted by Crippen LogP contribution is -2.36. The van der Waals surface area contributed by atoms with Gasteiger partial charge in [-0.25, -0.2) is 4.79 Å². The maximum Gasteiger partial charge on any atom is 0.408 e. The number of hydrogen-bond acceptors (Lipinski definition) is 4. The molecule has 170 valence electrons. The van der Waals surface area contributed by atoms with Crippen LogP contribution in [0.3, 0.4) is 0 Å². The minimum atomic E-state index is -0.576. The van der Waals surface area contributed by atoms with E-state index in [1.54, 1.807) is 0 Å². The number of para-hydroxylation sites is 1. The molecular weight excluding hydrogens is 400 g/mol. The molecule has 0 fully saturated rings. The summed E-state index contributed by atoms with van der Waals surface area (Å²) in [7, 11) is 0. The van der Waals surface area contributed by atoms with E-state index >= 15 is 0 Å². The molecule has 0 bridgehead atoms. The molecule has 1 aromatic heterocycles. The normalized spacial score (nSPS) is 13.0. The highest BCUT2D eigenvalue weighted by atomic mass is 16.6. The Bertz CT molecular complexity index is 1080. The van der Waals surface area contributed by atoms with Crippen LogP contribution in [0.4, 0.5) is 4.79 Å². The van der Waals surface area contributed by atoms with Gasteiger partial charge in [0.1, 0.15) is 17.0 Å². The summed E-state index contributed by atoms with van der Waals surface area (Å²) < 4.78 is 11.4. The molecule has 1 unspecified atom stereocenters. The second-order valence-corrected chi connectivity index (χ2v) is 10.1. The zero-order chi connectivity index (χ0) is 23.5. The highest BCUT2D eigenvalue weighted by Crippen LogP contribution is 2.25. The van der Waals surface area contributed by atoms with E-state index < -0.39 is 11.7 Å². The Balaban J connectivity index is 1.90. The third kappa shape index (κ3) is 6.71. The van der Waals surface area contributed by atoms with Gasteiger partial charge in [0.2, 0.25) is 0 Å². The molecule has 0 aliphatic rings. The smallest absolute Gasteiger partial charge is 0.408 e. The molecule has 0 saturated heterocycles. The number of nitrogens with zero attached hydrogens (tertiary/aromatic N) is 1. The van der Waals surface area contributed by atoms with Crippen molar-refractivity contribution in [3.05, 3.63) is 71.4 Å². The summed E-state index contributed by atoms with van der Waals surface area (Å²) in [6.45, 7) is 13.7. The predicted octanol–water partition coefficient (Wildman–Crippen LogP) is 6.53. The van der Waals surface area contributed by atoms with Crippen LogP contribution in [0.1, 0.15) is 64.4 Å². The SMILES string of the molecule is Cc1cc(C(Cc2ccc(OC(C)(C)C)cc2)NC(=O)OC(C)(C)C)nc2ccccc12. The molecule has 1 N–H and O–H groups in total. The fourth-order valence-electron chi connectivity index (χ4n) is 3.52. The summed E-state index contributed by atoms with van der Waals surface area (Å²) in [5.41, 5.74) is 3.08. The highest BCUT2D eigenvalue weighted by Gasteiger charge is 2.23. The number of pyridine rings is 1. The molecule has 1 amide bonds. The predicted molar refractivity (Wildman–Crippen MR) is 129 cm³/mol. The highest BCUT2D eigenvalue weighted by molar-refractivity contribution is 5.82. The molecule has 0 spiro atoms. The number of amides is 1. The number of aromatic nitrogens is 1. The Kier molecular flexibility index (Phi) is 6.77. The Morgan fingerprint density at radius 1 is 0.969 bits per heavy atom. The Morgan fingerprint density at radius 3 is 2.25 bits per heavy atom. The van der Waals surface area contributed by atoms with E-state index in [1.165, 1.54) is 0 Å². The molecule has 3 aromatic rings. The van der Waals surface area contributed by atoms with Crippen molar-refractivity contribution in [2.24, 2.45) is 0 Å². The summed E-state index contributed by atoms with van der Waals surface area (Å²) in [5, 5.41) is 4.14. The van der Waals surface area contributed by atoms with E-state index in [-0.39, 0.29) is 11.6 Å². The lowest BCUT2D eigenvalue weighted by molar-refractivity contribution is 0.0502. The maximum absolute atomic E-state index is 12.6. The molecule has 0 radical (unpaired) electrons. The van der Waals surface area contributed by atoms with Gasteiger partial charge in [-0.3, -0.25) is 4.98 Å². The molecule has 5 nitrogen and oxygen atoms in total. The van der Waals surface area contributed by atoms with Gasteiger partial charge in [-0.05, 0) is 90.3 Å². The molecule has 1 heterocycles. The van der Waals surface area contributed by atoms with Gasteiger partial charge in [-0.1, -0.05) is 30.3 Å². The quantitative estimate of drug-likeness (QED) is 0.496. The number of carbonyl (C=O) groups excluding carboxylic acids is 1. The van der Waals surface area contributed by atoms with E-state index in [0.717, 1.165) is 33.5 Å². The Hall–Kier alpha value is -3.08. The van der Waals surface area contributed by atoms with Gasteiger partial charge in [0.15, 0.2) is 0 Å². The van der Waals surface area contributed by atoms with E-state index in [9.17, 15) is 4.79 Å². The van der Waals surface area contributed by atoms with Crippen LogP contribution in [0.25, 0.3) is 10.9 Å². The van der Waals surface area contributed by atoms with Crippen LogP contribution in [0, 0.1) is 6.92 Å². The fraction of sp³-hybridized carbons (Fsp3) is 0.407. The number of rotatable bonds is 5. The molecule has 2 aromatic carbocycles. The van der Waals surface area contributed by atoms with Crippen molar-refractivity contribution in [2.75, 3.05) is 0 Å². The van der Waals surface area contributed by atoms with Gasteiger partial charge >= 0.3 is 6.09 Å². The fourth-order valence-corrected chi connectivity index (χ4v) is 3.52. The van der Waals surface area contributed by atoms with Gasteiger partial charge < -0.3 is 14.8 Å². The van der Waals surface area contributed by atoms with E-state index in [2.05, 4.69) is 18.3 Å². The van der Waals surface area contributed by atoms with Crippen molar-refractivity contribution in [1.29, 1.82) is 0 Å². The van der Waals surface area contributed by atoms with E-state index in [4.69, 9.17) is 14.5 Å². The zero-order valence-corrected chi connectivity index (χ0v) is 20.2. The monoisotopic (exact) mass is 434 g/mol. The molecular formula is C27H34N2O3. The standard InChI is InChI=1S/C27H34N2O3/c1-18-16-23(28-22-11-9-8-10-21(18)22)24(29-25(30)32-27(5,6)7)17-19-12-14-20(15-13-19)31-26(2,3)4/h8-16,24H,17H2,1-7H3,(H,29,30). The number of benzene rings is 2. The number of fused-ring (bicyclic) bond motifs is 1. The lowest BCUT2D eigenvalue weighted by Gasteiger charge is -2.24. The topological polar surface area (TPSA) is 60.5 Å². The summed E-state index contributed by atoms with van der Waals surface area (Å²) in [6, 6.07) is 17.7. The van der Waals surface area contributed by atoms with Gasteiger partial charge in [-0.15, -0.1) is 0 Å². The number of nitrogens with one attached hydrogen (secondary N) is 1. The van der Waals surface area contributed by atoms with Crippen molar-refractivity contribution in [3.63, 3.8) is 0 Å². The zero-order valence-electron chi connectivity index (χ0n) is 20.2. The van der Waals surface area contributed by atoms with Crippen LogP contribution in [-0.4, -0.2) is 22.3 Å². The van der Waals surface area contributed by atoms with Crippen LogP contribution in [0.15, 0.2) is 54.6 Å². The molecule has 1 atom stereocenters. The van der Waals surface area contributed by atoms with Gasteiger partial charge in [0, 0.05) is 5.39 Å². The van der Waals surface area contributed by atoms with E-state index in [0.29, 0.717) is 6.42 Å². The van der Waals surface area contributed by atoms with Gasteiger partial charge in [0.25, 0.3) is 0 Å². The minimum absolute atomic E-state index is 0.255. The Morgan fingerprint density at radius 2 is 1.62 bits per heavy atom. The first kappa shape index (κ1) is 23.6. The first-order chi connectivity index (χ1) is 14.9. The van der Waals surface area contributed by atoms with Crippen molar-refractivity contribution in [1.82, 2.24) is 10.3 Å². The molecule has 5 heteroatoms. The average Bonchev–Trinajstić information content (AvgIpc) is 2.66. The minimum Gasteiger partial charge on any atom is -0.488 e. The largest absolute Gasteiger partial charge is 0.488 e. The van der Waals surface area contributed by atoms with Crippen LogP contribution < -0.4 is 10.1 Å². The second-order valence-electron chi connectivity index (χ2n) is 10.1. The van der Waals surface area contributed by atoms with Crippen molar-refractivity contribution >= 4 is 17.0 Å². The molecule has 0 aliphatic carbocycles. The second kappa shape index (κ2) is 9.19. The van der Waals surface area contributed by atoms with Crippen molar-refractivity contribution in [2.45, 2.75) is 72.1 Å². The average molecular weight is 435 g/mol.